The lowest BCUT2D eigenvalue weighted by Gasteiger charge is -2.24. The van der Waals surface area contributed by atoms with Gasteiger partial charge in [-0.3, -0.25) is 4.79 Å². The van der Waals surface area contributed by atoms with Crippen molar-refractivity contribution in [2.75, 3.05) is 18.5 Å². The van der Waals surface area contributed by atoms with E-state index in [2.05, 4.69) is 20.7 Å². The smallest absolute Gasteiger partial charge is 0.256 e. The fourth-order valence-corrected chi connectivity index (χ4v) is 3.42. The SMILES string of the molecule is C[C@H]1Nc2ccn3ncc(c3n2)C(=O)NC[C@@H](CO)Oc2c(F)cc(F)c(Cl)c21. The summed E-state index contributed by atoms with van der Waals surface area (Å²) in [5.41, 5.74) is 0.533. The van der Waals surface area contributed by atoms with Gasteiger partial charge in [0.25, 0.3) is 5.91 Å². The number of carbonyl (C=O) groups is 1. The predicted molar refractivity (Wildman–Crippen MR) is 100 cm³/mol. The molecule has 1 aromatic carbocycles. The summed E-state index contributed by atoms with van der Waals surface area (Å²) in [6, 6.07) is 1.49. The summed E-state index contributed by atoms with van der Waals surface area (Å²) in [5.74, 6) is -2.39. The maximum atomic E-state index is 14.6. The van der Waals surface area contributed by atoms with Crippen LogP contribution in [0.5, 0.6) is 5.75 Å². The number of anilines is 1. The number of benzene rings is 1. The van der Waals surface area contributed by atoms with Gasteiger partial charge >= 0.3 is 0 Å². The van der Waals surface area contributed by atoms with Crippen LogP contribution in [0.4, 0.5) is 14.6 Å². The molecular formula is C18H16ClF2N5O3. The number of nitrogens with zero attached hydrogens (tertiary/aromatic N) is 3. The largest absolute Gasteiger partial charge is 0.483 e. The van der Waals surface area contributed by atoms with Crippen LogP contribution in [-0.4, -0.2) is 44.9 Å². The number of aliphatic hydroxyl groups is 1. The zero-order valence-corrected chi connectivity index (χ0v) is 15.9. The summed E-state index contributed by atoms with van der Waals surface area (Å²) in [5, 5.41) is 19.0. The molecule has 2 aromatic heterocycles. The van der Waals surface area contributed by atoms with Crippen LogP contribution in [0.2, 0.25) is 5.02 Å². The number of ether oxygens (including phenoxy) is 1. The molecule has 3 aromatic rings. The normalized spacial score (nSPS) is 19.4. The highest BCUT2D eigenvalue weighted by Crippen LogP contribution is 2.38. The van der Waals surface area contributed by atoms with Gasteiger partial charge in [0.1, 0.15) is 23.3 Å². The summed E-state index contributed by atoms with van der Waals surface area (Å²) in [7, 11) is 0. The molecule has 152 valence electrons. The second-order valence-corrected chi connectivity index (χ2v) is 6.91. The van der Waals surface area contributed by atoms with Crippen molar-refractivity contribution in [2.24, 2.45) is 0 Å². The Kier molecular flexibility index (Phi) is 4.97. The number of hydrogen-bond acceptors (Lipinski definition) is 6. The first kappa shape index (κ1) is 19.3. The average molecular weight is 424 g/mol. The van der Waals surface area contributed by atoms with Gasteiger partial charge < -0.3 is 20.5 Å². The van der Waals surface area contributed by atoms with Gasteiger partial charge in [-0.2, -0.15) is 5.10 Å². The van der Waals surface area contributed by atoms with Crippen LogP contribution in [0.25, 0.3) is 5.65 Å². The molecule has 0 unspecified atom stereocenters. The second-order valence-electron chi connectivity index (χ2n) is 6.53. The lowest BCUT2D eigenvalue weighted by molar-refractivity contribution is 0.0860. The van der Waals surface area contributed by atoms with Crippen LogP contribution in [0.15, 0.2) is 24.5 Å². The number of fused-ring (bicyclic) bond motifs is 2. The number of aliphatic hydroxyl groups excluding tert-OH is 1. The van der Waals surface area contributed by atoms with Crippen LogP contribution >= 0.6 is 11.6 Å². The molecule has 3 heterocycles. The third kappa shape index (κ3) is 3.45. The minimum Gasteiger partial charge on any atom is -0.483 e. The number of amides is 1. The fraction of sp³-hybridized carbons (Fsp3) is 0.278. The topological polar surface area (TPSA) is 101 Å². The molecule has 4 rings (SSSR count). The van der Waals surface area contributed by atoms with Crippen molar-refractivity contribution in [3.63, 3.8) is 0 Å². The van der Waals surface area contributed by atoms with Crippen molar-refractivity contribution in [1.82, 2.24) is 19.9 Å². The molecule has 11 heteroatoms. The Balaban J connectivity index is 1.88. The van der Waals surface area contributed by atoms with Gasteiger partial charge in [-0.25, -0.2) is 18.3 Å². The third-order valence-corrected chi connectivity index (χ3v) is 4.93. The van der Waals surface area contributed by atoms with Gasteiger partial charge in [-0.1, -0.05) is 11.6 Å². The number of hydrogen-bond donors (Lipinski definition) is 3. The van der Waals surface area contributed by atoms with E-state index in [9.17, 15) is 18.7 Å². The molecule has 2 bridgehead atoms. The van der Waals surface area contributed by atoms with Gasteiger partial charge in [0, 0.05) is 17.8 Å². The Bertz CT molecular complexity index is 1110. The molecule has 1 amide bonds. The van der Waals surface area contributed by atoms with E-state index in [0.29, 0.717) is 11.9 Å². The summed E-state index contributed by atoms with van der Waals surface area (Å²) in [4.78, 5) is 16.9. The van der Waals surface area contributed by atoms with Crippen molar-refractivity contribution in [3.8, 4) is 5.75 Å². The molecule has 1 aliphatic heterocycles. The molecule has 0 saturated carbocycles. The quantitative estimate of drug-likeness (QED) is 0.519. The number of nitrogens with one attached hydrogen (secondary N) is 2. The van der Waals surface area contributed by atoms with Crippen molar-refractivity contribution in [2.45, 2.75) is 19.1 Å². The Hall–Kier alpha value is -2.98. The van der Waals surface area contributed by atoms with Crippen molar-refractivity contribution in [3.05, 3.63) is 52.3 Å². The van der Waals surface area contributed by atoms with E-state index in [1.54, 1.807) is 19.2 Å². The maximum Gasteiger partial charge on any atom is 0.256 e. The molecule has 29 heavy (non-hydrogen) atoms. The minimum absolute atomic E-state index is 0.0311. The third-order valence-electron chi connectivity index (χ3n) is 4.55. The van der Waals surface area contributed by atoms with Gasteiger partial charge in [0.05, 0.1) is 30.4 Å². The Morgan fingerprint density at radius 3 is 2.97 bits per heavy atom. The predicted octanol–water partition coefficient (Wildman–Crippen LogP) is 2.32. The van der Waals surface area contributed by atoms with Gasteiger partial charge in [0.15, 0.2) is 17.2 Å². The number of carbonyl (C=O) groups excluding carboxylic acids is 1. The van der Waals surface area contributed by atoms with Crippen LogP contribution in [0, 0.1) is 11.6 Å². The fourth-order valence-electron chi connectivity index (χ4n) is 3.12. The second kappa shape index (κ2) is 7.45. The van der Waals surface area contributed by atoms with E-state index in [0.717, 1.165) is 0 Å². The zero-order valence-electron chi connectivity index (χ0n) is 15.1. The van der Waals surface area contributed by atoms with Crippen LogP contribution in [0.1, 0.15) is 28.9 Å². The summed E-state index contributed by atoms with van der Waals surface area (Å²) in [6.07, 6.45) is 1.96. The maximum absolute atomic E-state index is 14.6. The van der Waals surface area contributed by atoms with E-state index in [1.807, 2.05) is 0 Å². The molecule has 8 nitrogen and oxygen atoms in total. The minimum atomic E-state index is -0.996. The van der Waals surface area contributed by atoms with Crippen molar-refractivity contribution in [1.29, 1.82) is 0 Å². The number of rotatable bonds is 1. The van der Waals surface area contributed by atoms with E-state index < -0.39 is 36.3 Å². The van der Waals surface area contributed by atoms with Gasteiger partial charge in [-0.15, -0.1) is 0 Å². The van der Waals surface area contributed by atoms with E-state index in [1.165, 1.54) is 10.7 Å². The van der Waals surface area contributed by atoms with Gasteiger partial charge in [0.2, 0.25) is 0 Å². The summed E-state index contributed by atoms with van der Waals surface area (Å²) in [6.45, 7) is 0.973. The van der Waals surface area contributed by atoms with E-state index in [-0.39, 0.29) is 34.1 Å². The van der Waals surface area contributed by atoms with Crippen molar-refractivity contribution < 1.29 is 23.4 Å². The Morgan fingerprint density at radius 2 is 2.21 bits per heavy atom. The molecule has 1 aliphatic rings. The molecule has 0 radical (unpaired) electrons. The average Bonchev–Trinajstić information content (AvgIpc) is 3.11. The first-order chi connectivity index (χ1) is 13.9. The standard InChI is InChI=1S/C18H16ClF2N5O3/c1-8-14-15(19)11(20)4-12(21)16(14)29-9(7-27)5-22-18(28)10-6-23-26-3-2-13(24-8)25-17(10)26/h2-4,6,8-9,27H,5,7H2,1H3,(H,22,28)(H,24,25)/t8-,9+/m1/s1. The van der Waals surface area contributed by atoms with Crippen LogP contribution in [0.3, 0.4) is 0 Å². The van der Waals surface area contributed by atoms with E-state index >= 15 is 0 Å². The Labute approximate surface area is 168 Å². The summed E-state index contributed by atoms with van der Waals surface area (Å²) >= 11 is 6.12. The zero-order chi connectivity index (χ0) is 20.7. The molecule has 0 saturated heterocycles. The monoisotopic (exact) mass is 423 g/mol. The van der Waals surface area contributed by atoms with Crippen LogP contribution in [-0.2, 0) is 0 Å². The molecule has 0 aliphatic carbocycles. The number of halogens is 3. The van der Waals surface area contributed by atoms with E-state index in [4.69, 9.17) is 16.3 Å². The highest BCUT2D eigenvalue weighted by Gasteiger charge is 2.27. The molecule has 3 N–H and O–H groups in total. The highest BCUT2D eigenvalue weighted by atomic mass is 35.5. The first-order valence-electron chi connectivity index (χ1n) is 8.73. The van der Waals surface area contributed by atoms with Crippen LogP contribution < -0.4 is 15.4 Å². The number of aromatic nitrogens is 3. The molecular weight excluding hydrogens is 408 g/mol. The first-order valence-corrected chi connectivity index (χ1v) is 9.11. The lowest BCUT2D eigenvalue weighted by atomic mass is 10.1. The van der Waals surface area contributed by atoms with Gasteiger partial charge in [-0.05, 0) is 13.0 Å². The summed E-state index contributed by atoms with van der Waals surface area (Å²) < 4.78 is 35.7. The molecule has 0 spiro atoms. The lowest BCUT2D eigenvalue weighted by Crippen LogP contribution is -2.38. The molecule has 0 fully saturated rings. The molecule has 2 atom stereocenters. The highest BCUT2D eigenvalue weighted by molar-refractivity contribution is 6.31. The van der Waals surface area contributed by atoms with Crippen molar-refractivity contribution >= 4 is 29.0 Å². The Morgan fingerprint density at radius 1 is 1.41 bits per heavy atom.